The van der Waals surface area contributed by atoms with Gasteiger partial charge in [0.25, 0.3) is 0 Å². The Hall–Kier alpha value is -0.450. The molecule has 1 aromatic heterocycles. The summed E-state index contributed by atoms with van der Waals surface area (Å²) in [6.07, 6.45) is 1.07. The van der Waals surface area contributed by atoms with Crippen LogP contribution in [-0.2, 0) is 24.3 Å². The summed E-state index contributed by atoms with van der Waals surface area (Å²) in [5.41, 5.74) is 1.28. The number of rotatable bonds is 3. The summed E-state index contributed by atoms with van der Waals surface area (Å²) in [7, 11) is 0. The molecule has 0 aromatic carbocycles. The van der Waals surface area contributed by atoms with Crippen LogP contribution in [0.15, 0.2) is 0 Å². The largest absolute Gasteiger partial charge is 0.375 e. The molecule has 0 saturated heterocycles. The van der Waals surface area contributed by atoms with Gasteiger partial charge in [-0.3, -0.25) is 0 Å². The van der Waals surface area contributed by atoms with Gasteiger partial charge in [0.1, 0.15) is 5.01 Å². The third-order valence-corrected chi connectivity index (χ3v) is 3.15. The lowest BCUT2D eigenvalue weighted by Crippen LogP contribution is -2.22. The van der Waals surface area contributed by atoms with Crippen molar-refractivity contribution in [3.05, 3.63) is 15.6 Å². The van der Waals surface area contributed by atoms with Crippen molar-refractivity contribution < 1.29 is 4.74 Å². The Morgan fingerprint density at radius 1 is 1.62 bits per heavy atom. The van der Waals surface area contributed by atoms with E-state index in [2.05, 4.69) is 10.3 Å². The van der Waals surface area contributed by atoms with Crippen molar-refractivity contribution in [2.75, 3.05) is 13.2 Å². The van der Waals surface area contributed by atoms with Gasteiger partial charge in [0.05, 0.1) is 12.3 Å². The van der Waals surface area contributed by atoms with Gasteiger partial charge in [0.2, 0.25) is 0 Å². The van der Waals surface area contributed by atoms with E-state index >= 15 is 0 Å². The maximum Gasteiger partial charge on any atom is 0.119 e. The molecule has 0 amide bonds. The molecule has 0 bridgehead atoms. The fourth-order valence-corrected chi connectivity index (χ4v) is 2.45. The van der Waals surface area contributed by atoms with E-state index in [9.17, 15) is 0 Å². The van der Waals surface area contributed by atoms with Crippen LogP contribution in [0.3, 0.4) is 0 Å². The van der Waals surface area contributed by atoms with Crippen molar-refractivity contribution in [2.24, 2.45) is 0 Å². The first-order chi connectivity index (χ1) is 6.40. The van der Waals surface area contributed by atoms with Crippen LogP contribution in [0.5, 0.6) is 0 Å². The van der Waals surface area contributed by atoms with E-state index in [1.165, 1.54) is 10.6 Å². The van der Waals surface area contributed by atoms with Gasteiger partial charge in [-0.15, -0.1) is 11.3 Å². The van der Waals surface area contributed by atoms with Crippen molar-refractivity contribution in [2.45, 2.75) is 26.5 Å². The van der Waals surface area contributed by atoms with Crippen LogP contribution in [0.25, 0.3) is 0 Å². The molecular weight excluding hydrogens is 184 g/mol. The van der Waals surface area contributed by atoms with E-state index in [1.54, 1.807) is 11.3 Å². The summed E-state index contributed by atoms with van der Waals surface area (Å²) >= 11 is 1.78. The summed E-state index contributed by atoms with van der Waals surface area (Å²) in [4.78, 5) is 5.93. The summed E-state index contributed by atoms with van der Waals surface area (Å²) in [6, 6.07) is 0. The highest BCUT2D eigenvalue weighted by Gasteiger charge is 2.14. The highest BCUT2D eigenvalue weighted by Crippen LogP contribution is 2.21. The number of hydrogen-bond acceptors (Lipinski definition) is 4. The van der Waals surface area contributed by atoms with Gasteiger partial charge in [0.15, 0.2) is 0 Å². The molecule has 0 radical (unpaired) electrons. The van der Waals surface area contributed by atoms with E-state index < -0.39 is 0 Å². The molecule has 0 aliphatic carbocycles. The van der Waals surface area contributed by atoms with Crippen molar-refractivity contribution in [3.8, 4) is 0 Å². The quantitative estimate of drug-likeness (QED) is 0.795. The second-order valence-electron chi connectivity index (χ2n) is 3.04. The second kappa shape index (κ2) is 4.17. The monoisotopic (exact) mass is 198 g/mol. The minimum atomic E-state index is 0.675. The zero-order valence-electron chi connectivity index (χ0n) is 7.80. The molecule has 2 rings (SSSR count). The molecule has 1 aliphatic rings. The van der Waals surface area contributed by atoms with Crippen LogP contribution in [0, 0.1) is 0 Å². The molecule has 4 heteroatoms. The molecule has 13 heavy (non-hydrogen) atoms. The Morgan fingerprint density at radius 3 is 3.31 bits per heavy atom. The Bertz CT molecular complexity index is 262. The lowest BCUT2D eigenvalue weighted by molar-refractivity contribution is 0.134. The summed E-state index contributed by atoms with van der Waals surface area (Å²) < 4.78 is 5.32. The van der Waals surface area contributed by atoms with Gasteiger partial charge < -0.3 is 10.1 Å². The standard InChI is InChI=1S/C9H14N2OS/c1-2-12-6-9-11-7-3-4-10-5-8(7)13-9/h10H,2-6H2,1H3. The number of hydrogen-bond donors (Lipinski definition) is 1. The maximum absolute atomic E-state index is 5.32. The number of fused-ring (bicyclic) bond motifs is 1. The van der Waals surface area contributed by atoms with Gasteiger partial charge in [-0.2, -0.15) is 0 Å². The Balaban J connectivity index is 2.07. The second-order valence-corrected chi connectivity index (χ2v) is 4.21. The average molecular weight is 198 g/mol. The molecule has 72 valence electrons. The van der Waals surface area contributed by atoms with E-state index in [1.807, 2.05) is 6.92 Å². The maximum atomic E-state index is 5.32. The van der Waals surface area contributed by atoms with Crippen molar-refractivity contribution in [1.29, 1.82) is 0 Å². The van der Waals surface area contributed by atoms with Crippen LogP contribution < -0.4 is 5.32 Å². The zero-order valence-corrected chi connectivity index (χ0v) is 8.62. The Kier molecular flexibility index (Phi) is 2.93. The number of ether oxygens (including phenoxy) is 1. The third-order valence-electron chi connectivity index (χ3n) is 2.08. The molecule has 3 nitrogen and oxygen atoms in total. The average Bonchev–Trinajstić information content (AvgIpc) is 2.57. The first kappa shape index (κ1) is 9.12. The Morgan fingerprint density at radius 2 is 2.54 bits per heavy atom. The number of thiazole rings is 1. The predicted octanol–water partition coefficient (Wildman–Crippen LogP) is 1.33. The molecular formula is C9H14N2OS. The lowest BCUT2D eigenvalue weighted by atomic mass is 10.2. The molecule has 0 spiro atoms. The van der Waals surface area contributed by atoms with Gasteiger partial charge >= 0.3 is 0 Å². The van der Waals surface area contributed by atoms with E-state index in [4.69, 9.17) is 4.74 Å². The van der Waals surface area contributed by atoms with Gasteiger partial charge in [-0.25, -0.2) is 4.98 Å². The highest BCUT2D eigenvalue weighted by atomic mass is 32.1. The fourth-order valence-electron chi connectivity index (χ4n) is 1.43. The van der Waals surface area contributed by atoms with E-state index in [-0.39, 0.29) is 0 Å². The molecule has 2 heterocycles. The number of nitrogens with one attached hydrogen (secondary N) is 1. The zero-order chi connectivity index (χ0) is 9.10. The molecule has 0 atom stereocenters. The van der Waals surface area contributed by atoms with Crippen LogP contribution in [-0.4, -0.2) is 18.1 Å². The van der Waals surface area contributed by atoms with Crippen LogP contribution >= 0.6 is 11.3 Å². The first-order valence-corrected chi connectivity index (χ1v) is 5.47. The molecule has 1 aromatic rings. The Labute approximate surface area is 82.1 Å². The molecule has 1 aliphatic heterocycles. The molecule has 0 fully saturated rings. The number of nitrogens with zero attached hydrogens (tertiary/aromatic N) is 1. The van der Waals surface area contributed by atoms with Gasteiger partial charge in [0, 0.05) is 31.0 Å². The van der Waals surface area contributed by atoms with Crippen molar-refractivity contribution >= 4 is 11.3 Å². The van der Waals surface area contributed by atoms with Crippen LogP contribution in [0.4, 0.5) is 0 Å². The summed E-state index contributed by atoms with van der Waals surface area (Å²) in [5.74, 6) is 0. The van der Waals surface area contributed by atoms with E-state index in [0.29, 0.717) is 6.61 Å². The lowest BCUT2D eigenvalue weighted by Gasteiger charge is -2.09. The van der Waals surface area contributed by atoms with Gasteiger partial charge in [-0.05, 0) is 6.92 Å². The van der Waals surface area contributed by atoms with Crippen LogP contribution in [0.1, 0.15) is 22.5 Å². The van der Waals surface area contributed by atoms with Gasteiger partial charge in [-0.1, -0.05) is 0 Å². The minimum Gasteiger partial charge on any atom is -0.375 e. The van der Waals surface area contributed by atoms with Crippen molar-refractivity contribution in [3.63, 3.8) is 0 Å². The molecule has 0 saturated carbocycles. The summed E-state index contributed by atoms with van der Waals surface area (Å²) in [5, 5.41) is 4.46. The minimum absolute atomic E-state index is 0.675. The van der Waals surface area contributed by atoms with E-state index in [0.717, 1.165) is 31.1 Å². The normalized spacial score (nSPS) is 15.8. The predicted molar refractivity (Wildman–Crippen MR) is 52.9 cm³/mol. The third kappa shape index (κ3) is 2.07. The van der Waals surface area contributed by atoms with Crippen molar-refractivity contribution in [1.82, 2.24) is 10.3 Å². The SMILES string of the molecule is CCOCc1nc2c(s1)CNCC2. The molecule has 1 N–H and O–H groups in total. The summed E-state index contributed by atoms with van der Waals surface area (Å²) in [6.45, 7) is 5.50. The topological polar surface area (TPSA) is 34.1 Å². The molecule has 0 unspecified atom stereocenters. The first-order valence-electron chi connectivity index (χ1n) is 4.66. The fraction of sp³-hybridized carbons (Fsp3) is 0.667. The number of aromatic nitrogens is 1. The smallest absolute Gasteiger partial charge is 0.119 e. The van der Waals surface area contributed by atoms with Crippen LogP contribution in [0.2, 0.25) is 0 Å². The highest BCUT2D eigenvalue weighted by molar-refractivity contribution is 7.11.